The van der Waals surface area contributed by atoms with Gasteiger partial charge in [0.15, 0.2) is 0 Å². The molecule has 10 atom stereocenters. The summed E-state index contributed by atoms with van der Waals surface area (Å²) in [4.78, 5) is 12.1. The van der Waals surface area contributed by atoms with Crippen LogP contribution in [0.1, 0.15) is 106 Å². The predicted octanol–water partition coefficient (Wildman–Crippen LogP) is 6.29. The van der Waals surface area contributed by atoms with Gasteiger partial charge in [0.1, 0.15) is 6.10 Å². The summed E-state index contributed by atoms with van der Waals surface area (Å²) in [5, 5.41) is 21.3. The van der Waals surface area contributed by atoms with Crippen molar-refractivity contribution in [1.29, 1.82) is 0 Å². The molecule has 0 spiro atoms. The maximum Gasteiger partial charge on any atom is 0.302 e. The van der Waals surface area contributed by atoms with Crippen LogP contribution in [0.25, 0.3) is 0 Å². The third kappa shape index (κ3) is 3.55. The minimum absolute atomic E-state index is 0.000484. The third-order valence-corrected chi connectivity index (χ3v) is 12.7. The first-order chi connectivity index (χ1) is 16.2. The molecule has 198 valence electrons. The van der Waals surface area contributed by atoms with Gasteiger partial charge in [-0.1, -0.05) is 53.2 Å². The summed E-state index contributed by atoms with van der Waals surface area (Å²) in [7, 11) is 0. The Hall–Kier alpha value is -0.870. The highest BCUT2D eigenvalue weighted by Crippen LogP contribution is 2.72. The van der Waals surface area contributed by atoms with Gasteiger partial charge >= 0.3 is 5.97 Å². The molecule has 3 unspecified atom stereocenters. The van der Waals surface area contributed by atoms with Gasteiger partial charge in [-0.3, -0.25) is 4.79 Å². The Kier molecular flexibility index (Phi) is 5.94. The summed E-state index contributed by atoms with van der Waals surface area (Å²) >= 11 is 0. The molecule has 4 nitrogen and oxygen atoms in total. The second-order valence-electron chi connectivity index (χ2n) is 15.1. The van der Waals surface area contributed by atoms with Crippen molar-refractivity contribution in [3.05, 3.63) is 11.6 Å². The van der Waals surface area contributed by atoms with Crippen molar-refractivity contribution in [1.82, 2.24) is 0 Å². The summed E-state index contributed by atoms with van der Waals surface area (Å²) < 4.78 is 6.03. The summed E-state index contributed by atoms with van der Waals surface area (Å²) in [6, 6.07) is 0. The lowest BCUT2D eigenvalue weighted by Crippen LogP contribution is -2.63. The Bertz CT molecular complexity index is 908. The predicted molar refractivity (Wildman–Crippen MR) is 138 cm³/mol. The van der Waals surface area contributed by atoms with Gasteiger partial charge in [0.2, 0.25) is 0 Å². The highest BCUT2D eigenvalue weighted by molar-refractivity contribution is 5.66. The molecule has 4 heteroatoms. The van der Waals surface area contributed by atoms with E-state index in [-0.39, 0.29) is 40.3 Å². The van der Waals surface area contributed by atoms with Crippen molar-refractivity contribution in [2.24, 2.45) is 50.7 Å². The van der Waals surface area contributed by atoms with E-state index in [9.17, 15) is 15.0 Å². The Morgan fingerprint density at radius 3 is 2.23 bits per heavy atom. The summed E-state index contributed by atoms with van der Waals surface area (Å²) in [5.41, 5.74) is 1.88. The molecule has 4 saturated carbocycles. The maximum atomic E-state index is 12.1. The van der Waals surface area contributed by atoms with Gasteiger partial charge < -0.3 is 14.9 Å². The zero-order valence-corrected chi connectivity index (χ0v) is 23.3. The average molecular weight is 487 g/mol. The van der Waals surface area contributed by atoms with Gasteiger partial charge in [0.25, 0.3) is 0 Å². The lowest BCUT2D eigenvalue weighted by molar-refractivity contribution is -0.205. The first kappa shape index (κ1) is 25.8. The molecular weight excluding hydrogens is 436 g/mol. The van der Waals surface area contributed by atoms with E-state index in [1.165, 1.54) is 19.3 Å². The van der Waals surface area contributed by atoms with Gasteiger partial charge in [-0.05, 0) is 97.7 Å². The largest absolute Gasteiger partial charge is 0.462 e. The zero-order valence-electron chi connectivity index (χ0n) is 23.3. The number of esters is 1. The number of allylic oxidation sites excluding steroid dienone is 2. The number of hydrogen-bond donors (Lipinski definition) is 2. The third-order valence-electron chi connectivity index (χ3n) is 12.7. The van der Waals surface area contributed by atoms with Crippen LogP contribution >= 0.6 is 0 Å². The Balaban J connectivity index is 1.52. The van der Waals surface area contributed by atoms with E-state index in [1.54, 1.807) is 12.5 Å². The van der Waals surface area contributed by atoms with Crippen molar-refractivity contribution in [2.75, 3.05) is 6.61 Å². The number of hydrogen-bond acceptors (Lipinski definition) is 4. The van der Waals surface area contributed by atoms with Crippen LogP contribution < -0.4 is 0 Å². The molecule has 35 heavy (non-hydrogen) atoms. The molecule has 0 heterocycles. The number of carbonyl (C=O) groups excluding carboxylic acids is 1. The van der Waals surface area contributed by atoms with E-state index in [0.717, 1.165) is 38.5 Å². The Labute approximate surface area is 213 Å². The number of aliphatic hydroxyl groups excluding tert-OH is 2. The van der Waals surface area contributed by atoms with Crippen molar-refractivity contribution >= 4 is 5.97 Å². The summed E-state index contributed by atoms with van der Waals surface area (Å²) in [5.74, 6) is 1.89. The molecule has 0 aromatic heterocycles. The van der Waals surface area contributed by atoms with E-state index in [0.29, 0.717) is 23.7 Å². The van der Waals surface area contributed by atoms with Crippen molar-refractivity contribution in [3.63, 3.8) is 0 Å². The van der Waals surface area contributed by atoms with E-state index >= 15 is 0 Å². The number of ether oxygens (including phenoxy) is 1. The smallest absolute Gasteiger partial charge is 0.302 e. The maximum absolute atomic E-state index is 12.1. The minimum atomic E-state index is -0.400. The molecule has 5 aliphatic carbocycles. The van der Waals surface area contributed by atoms with E-state index < -0.39 is 11.5 Å². The van der Waals surface area contributed by atoms with E-state index in [4.69, 9.17) is 4.74 Å². The van der Waals surface area contributed by atoms with Crippen LogP contribution in [-0.2, 0) is 9.53 Å². The fourth-order valence-corrected chi connectivity index (χ4v) is 10.7. The number of aliphatic hydroxyl groups is 2. The number of rotatable bonds is 2. The molecule has 0 saturated heterocycles. The number of fused-ring (bicyclic) bond motifs is 7. The van der Waals surface area contributed by atoms with Gasteiger partial charge in [-0.15, -0.1) is 0 Å². The molecule has 2 N–H and O–H groups in total. The molecule has 4 fully saturated rings. The van der Waals surface area contributed by atoms with Crippen LogP contribution in [0.4, 0.5) is 0 Å². The highest BCUT2D eigenvalue weighted by atomic mass is 16.5. The Morgan fingerprint density at radius 1 is 0.914 bits per heavy atom. The second kappa shape index (κ2) is 8.06. The van der Waals surface area contributed by atoms with Gasteiger partial charge in [-0.2, -0.15) is 0 Å². The molecule has 0 radical (unpaired) electrons. The average Bonchev–Trinajstić information content (AvgIpc) is 2.76. The summed E-state index contributed by atoms with van der Waals surface area (Å²) in [6.45, 7) is 16.0. The minimum Gasteiger partial charge on any atom is -0.462 e. The van der Waals surface area contributed by atoms with Gasteiger partial charge in [0.05, 0.1) is 12.7 Å². The molecule has 5 aliphatic rings. The second-order valence-corrected chi connectivity index (χ2v) is 15.1. The standard InChI is InChI=1S/C31H50O4/c1-19(33)35-26-17-27(2,3)16-22-20-8-9-23-28(4,21(20)10-13-29(22,26)5)14-11-24-30(23,6)15-12-25(34)31(24,7)18-32/h8,21-26,32,34H,9-18H2,1-7H3/t21?,22-,23?,24?,25-,26+,28-,29+,30+,31+/m0/s1. The highest BCUT2D eigenvalue weighted by Gasteiger charge is 2.66. The van der Waals surface area contributed by atoms with Crippen LogP contribution in [-0.4, -0.2) is 35.0 Å². The first-order valence-corrected chi connectivity index (χ1v) is 14.4. The Morgan fingerprint density at radius 2 is 1.57 bits per heavy atom. The fourth-order valence-electron chi connectivity index (χ4n) is 10.7. The van der Waals surface area contributed by atoms with Crippen LogP contribution in [0.3, 0.4) is 0 Å². The quantitative estimate of drug-likeness (QED) is 0.355. The molecule has 0 aromatic carbocycles. The monoisotopic (exact) mass is 486 g/mol. The van der Waals surface area contributed by atoms with Crippen molar-refractivity contribution in [3.8, 4) is 0 Å². The SMILES string of the molecule is CC(=O)O[C@@H]1CC(C)(C)C[C@H]2C3=CCC4[C@@](C)(CCC5[C@]4(C)CC[C@H](O)[C@]5(C)CO)C3CC[C@@]12C. The lowest BCUT2D eigenvalue weighted by Gasteiger charge is -2.68. The molecule has 0 amide bonds. The van der Waals surface area contributed by atoms with Crippen LogP contribution in [0.15, 0.2) is 11.6 Å². The molecule has 0 bridgehead atoms. The summed E-state index contributed by atoms with van der Waals surface area (Å²) in [6.07, 6.45) is 11.9. The molecule has 0 aromatic rings. The van der Waals surface area contributed by atoms with Crippen LogP contribution in [0.2, 0.25) is 0 Å². The molecular formula is C31H50O4. The first-order valence-electron chi connectivity index (χ1n) is 14.4. The van der Waals surface area contributed by atoms with Crippen LogP contribution in [0, 0.1) is 50.7 Å². The molecule has 5 rings (SSSR count). The number of carbonyl (C=O) groups is 1. The van der Waals surface area contributed by atoms with Gasteiger partial charge in [-0.25, -0.2) is 0 Å². The fraction of sp³-hybridized carbons (Fsp3) is 0.903. The van der Waals surface area contributed by atoms with Crippen molar-refractivity contribution < 1.29 is 19.7 Å². The van der Waals surface area contributed by atoms with E-state index in [1.807, 2.05) is 0 Å². The normalized spacial score (nSPS) is 52.8. The molecule has 0 aliphatic heterocycles. The van der Waals surface area contributed by atoms with Crippen LogP contribution in [0.5, 0.6) is 0 Å². The lowest BCUT2D eigenvalue weighted by atomic mass is 9.37. The zero-order chi connectivity index (χ0) is 25.6. The van der Waals surface area contributed by atoms with E-state index in [2.05, 4.69) is 47.6 Å². The van der Waals surface area contributed by atoms with Crippen molar-refractivity contribution in [2.45, 2.75) is 118 Å². The van der Waals surface area contributed by atoms with Gasteiger partial charge in [0, 0.05) is 17.8 Å². The topological polar surface area (TPSA) is 66.8 Å².